The highest BCUT2D eigenvalue weighted by molar-refractivity contribution is 5.92. The van der Waals surface area contributed by atoms with E-state index in [-0.39, 0.29) is 11.5 Å². The molecule has 0 amide bonds. The Kier molecular flexibility index (Phi) is 7.47. The zero-order valence-electron chi connectivity index (χ0n) is 20.6. The molecule has 1 aromatic heterocycles. The third-order valence-electron chi connectivity index (χ3n) is 7.31. The Bertz CT molecular complexity index is 1450. The third-order valence-corrected chi connectivity index (χ3v) is 7.31. The van der Waals surface area contributed by atoms with E-state index in [0.29, 0.717) is 5.56 Å². The van der Waals surface area contributed by atoms with Gasteiger partial charge in [0.1, 0.15) is 83.3 Å². The van der Waals surface area contributed by atoms with E-state index in [1.807, 2.05) is 0 Å². The van der Waals surface area contributed by atoms with Crippen LogP contribution in [0.3, 0.4) is 0 Å². The van der Waals surface area contributed by atoms with E-state index >= 15 is 0 Å². The molecule has 2 aliphatic heterocycles. The second-order valence-electron chi connectivity index (χ2n) is 9.80. The van der Waals surface area contributed by atoms with Crippen molar-refractivity contribution >= 4 is 11.0 Å². The molecule has 2 saturated heterocycles. The van der Waals surface area contributed by atoms with Crippen molar-refractivity contribution < 1.29 is 65.0 Å². The van der Waals surface area contributed by atoms with Crippen LogP contribution in [0.2, 0.25) is 0 Å². The summed E-state index contributed by atoms with van der Waals surface area (Å²) in [6.07, 6.45) is -15.7. The average molecular weight is 564 g/mol. The van der Waals surface area contributed by atoms with Gasteiger partial charge < -0.3 is 65.0 Å². The molecule has 3 aromatic rings. The van der Waals surface area contributed by atoms with Gasteiger partial charge in [-0.3, -0.25) is 4.79 Å². The molecule has 0 spiro atoms. The second-order valence-corrected chi connectivity index (χ2v) is 9.80. The molecule has 9 atom stereocenters. The first-order valence-corrected chi connectivity index (χ1v) is 12.3. The number of aromatic hydroxyl groups is 3. The molecule has 0 saturated carbocycles. The van der Waals surface area contributed by atoms with Crippen LogP contribution in [0.5, 0.6) is 17.2 Å². The van der Waals surface area contributed by atoms with E-state index in [1.54, 1.807) is 0 Å². The Morgan fingerprint density at radius 2 is 1.43 bits per heavy atom. The molecule has 40 heavy (non-hydrogen) atoms. The van der Waals surface area contributed by atoms with Crippen molar-refractivity contribution in [3.05, 3.63) is 51.7 Å². The predicted molar refractivity (Wildman–Crippen MR) is 132 cm³/mol. The maximum atomic E-state index is 13.4. The molecule has 14 nitrogen and oxygen atoms in total. The maximum absolute atomic E-state index is 13.4. The molecule has 3 heterocycles. The minimum atomic E-state index is -1.96. The Balaban J connectivity index is 1.81. The lowest BCUT2D eigenvalue weighted by Gasteiger charge is -2.41. The van der Waals surface area contributed by atoms with E-state index < -0.39 is 107 Å². The van der Waals surface area contributed by atoms with Crippen molar-refractivity contribution in [1.29, 1.82) is 0 Å². The summed E-state index contributed by atoms with van der Waals surface area (Å²) in [4.78, 5) is 13.4. The highest BCUT2D eigenvalue weighted by Crippen LogP contribution is 2.50. The predicted octanol–water partition coefficient (Wildman–Crippen LogP) is -1.75. The molecule has 0 unspecified atom stereocenters. The SMILES string of the molecule is O=c1cc(-c2ccc(O)cc2)oc2c([C@@H]3O[C@H](CO)[C@H](O)[C@H](O)[C@H]3O)c(O)c([C@@H]3OC[C@H](O)[C@H](O)[C@@H]3O)c(O)c12. The van der Waals surface area contributed by atoms with Crippen molar-refractivity contribution in [2.45, 2.75) is 54.9 Å². The molecule has 2 fully saturated rings. The van der Waals surface area contributed by atoms with E-state index in [9.17, 15) is 55.9 Å². The van der Waals surface area contributed by atoms with Gasteiger partial charge in [-0.2, -0.15) is 0 Å². The quantitative estimate of drug-likeness (QED) is 0.169. The van der Waals surface area contributed by atoms with E-state index in [1.165, 1.54) is 24.3 Å². The Morgan fingerprint density at radius 1 is 0.775 bits per heavy atom. The maximum Gasteiger partial charge on any atom is 0.197 e. The molecule has 0 bridgehead atoms. The van der Waals surface area contributed by atoms with Gasteiger partial charge in [-0.05, 0) is 24.3 Å². The van der Waals surface area contributed by atoms with Gasteiger partial charge in [-0.1, -0.05) is 0 Å². The van der Waals surface area contributed by atoms with Crippen LogP contribution < -0.4 is 5.43 Å². The fraction of sp³-hybridized carbons (Fsp3) is 0.423. The average Bonchev–Trinajstić information content (AvgIpc) is 2.92. The normalized spacial score (nSPS) is 32.8. The number of fused-ring (bicyclic) bond motifs is 1. The highest BCUT2D eigenvalue weighted by atomic mass is 16.5. The van der Waals surface area contributed by atoms with Crippen molar-refractivity contribution in [2.75, 3.05) is 13.2 Å². The molecule has 216 valence electrons. The van der Waals surface area contributed by atoms with Gasteiger partial charge in [-0.15, -0.1) is 0 Å². The smallest absolute Gasteiger partial charge is 0.197 e. The zero-order chi connectivity index (χ0) is 29.0. The lowest BCUT2D eigenvalue weighted by Crippen LogP contribution is -2.55. The second kappa shape index (κ2) is 10.6. The summed E-state index contributed by atoms with van der Waals surface area (Å²) < 4.78 is 16.9. The van der Waals surface area contributed by atoms with Crippen LogP contribution in [-0.4, -0.2) is 107 Å². The minimum absolute atomic E-state index is 0.0767. The van der Waals surface area contributed by atoms with Gasteiger partial charge in [0.05, 0.1) is 24.3 Å². The summed E-state index contributed by atoms with van der Waals surface area (Å²) in [5.74, 6) is -2.00. The first-order chi connectivity index (χ1) is 19.0. The fourth-order valence-electron chi connectivity index (χ4n) is 5.11. The number of ether oxygens (including phenoxy) is 2. The fourth-order valence-corrected chi connectivity index (χ4v) is 5.11. The standard InChI is InChI=1S/C26H28O14/c27-6-13-18(32)21(35)23(37)26(40-13)16-20(34)15(25-22(36)17(31)11(30)7-38-25)19(33)14-10(29)5-12(39-24(14)16)8-1-3-9(28)4-2-8/h1-5,11,13,17-18,21-23,25-28,30-37H,6-7H2/t11-,13+,17-,18-,21-,22-,23+,25-,26-/m0/s1. The molecule has 10 N–H and O–H groups in total. The van der Waals surface area contributed by atoms with Crippen LogP contribution >= 0.6 is 0 Å². The number of rotatable bonds is 4. The van der Waals surface area contributed by atoms with Gasteiger partial charge in [0.15, 0.2) is 11.0 Å². The number of phenols is 3. The van der Waals surface area contributed by atoms with E-state index in [4.69, 9.17) is 13.9 Å². The number of hydrogen-bond acceptors (Lipinski definition) is 14. The summed E-state index contributed by atoms with van der Waals surface area (Å²) in [7, 11) is 0. The van der Waals surface area contributed by atoms with Crippen molar-refractivity contribution in [2.24, 2.45) is 0 Å². The monoisotopic (exact) mass is 564 g/mol. The van der Waals surface area contributed by atoms with E-state index in [2.05, 4.69) is 0 Å². The number of hydrogen-bond donors (Lipinski definition) is 10. The number of aliphatic hydroxyl groups excluding tert-OH is 7. The van der Waals surface area contributed by atoms with Gasteiger partial charge in [0.25, 0.3) is 0 Å². The van der Waals surface area contributed by atoms with Crippen molar-refractivity contribution in [3.8, 4) is 28.6 Å². The minimum Gasteiger partial charge on any atom is -0.508 e. The number of aliphatic hydroxyl groups is 7. The molecule has 5 rings (SSSR count). The summed E-state index contributed by atoms with van der Waals surface area (Å²) in [6.45, 7) is -1.34. The lowest BCUT2D eigenvalue weighted by atomic mass is 9.85. The highest BCUT2D eigenvalue weighted by Gasteiger charge is 2.48. The van der Waals surface area contributed by atoms with Crippen LogP contribution in [0.4, 0.5) is 0 Å². The molecular formula is C26H28O14. The van der Waals surface area contributed by atoms with Crippen molar-refractivity contribution in [3.63, 3.8) is 0 Å². The summed E-state index contributed by atoms with van der Waals surface area (Å²) >= 11 is 0. The summed E-state index contributed by atoms with van der Waals surface area (Å²) in [5.41, 5.74) is -2.19. The molecule has 2 aromatic carbocycles. The third kappa shape index (κ3) is 4.49. The summed E-state index contributed by atoms with van der Waals surface area (Å²) in [6, 6.07) is 6.47. The van der Waals surface area contributed by atoms with Crippen molar-refractivity contribution in [1.82, 2.24) is 0 Å². The lowest BCUT2D eigenvalue weighted by molar-refractivity contribution is -0.231. The van der Waals surface area contributed by atoms with Gasteiger partial charge in [0.2, 0.25) is 0 Å². The zero-order valence-corrected chi connectivity index (χ0v) is 20.6. The van der Waals surface area contributed by atoms with Crippen LogP contribution in [0, 0.1) is 0 Å². The molecule has 0 radical (unpaired) electrons. The molecule has 14 heteroatoms. The largest absolute Gasteiger partial charge is 0.508 e. The van der Waals surface area contributed by atoms with E-state index in [0.717, 1.165) is 6.07 Å². The number of phenolic OH excluding ortho intramolecular Hbond substituents is 3. The van der Waals surface area contributed by atoms with Crippen LogP contribution in [0.1, 0.15) is 23.3 Å². The van der Waals surface area contributed by atoms with Crippen LogP contribution in [-0.2, 0) is 9.47 Å². The Labute approximate surface area is 224 Å². The molecular weight excluding hydrogens is 536 g/mol. The summed E-state index contributed by atoms with van der Waals surface area (Å²) in [5, 5.41) is 104. The first kappa shape index (κ1) is 28.2. The van der Waals surface area contributed by atoms with Crippen LogP contribution in [0.15, 0.2) is 39.5 Å². The topological polar surface area (TPSA) is 251 Å². The molecule has 0 aliphatic carbocycles. The number of benzene rings is 2. The Morgan fingerprint density at radius 3 is 2.08 bits per heavy atom. The Hall–Kier alpha value is -3.31. The van der Waals surface area contributed by atoms with Gasteiger partial charge in [0, 0.05) is 11.6 Å². The van der Waals surface area contributed by atoms with Crippen LogP contribution in [0.25, 0.3) is 22.3 Å². The first-order valence-electron chi connectivity index (χ1n) is 12.3. The molecule has 2 aliphatic rings. The van der Waals surface area contributed by atoms with Gasteiger partial charge >= 0.3 is 0 Å². The van der Waals surface area contributed by atoms with Gasteiger partial charge in [-0.25, -0.2) is 0 Å².